The quantitative estimate of drug-likeness (QED) is 0.794. The molecule has 0 amide bonds. The molecule has 148 valence electrons. The van der Waals surface area contributed by atoms with Crippen molar-refractivity contribution in [2.45, 2.75) is 33.3 Å². The number of phenols is 1. The van der Waals surface area contributed by atoms with E-state index in [-0.39, 0.29) is 24.4 Å². The van der Waals surface area contributed by atoms with Crippen molar-refractivity contribution >= 4 is 5.78 Å². The van der Waals surface area contributed by atoms with Gasteiger partial charge in [0, 0.05) is 36.0 Å². The number of ether oxygens (including phenoxy) is 3. The van der Waals surface area contributed by atoms with Gasteiger partial charge in [-0.05, 0) is 19.9 Å². The second-order valence-corrected chi connectivity index (χ2v) is 7.08. The summed E-state index contributed by atoms with van der Waals surface area (Å²) in [6, 6.07) is 5.11. The molecule has 4 rings (SSSR count). The minimum Gasteiger partial charge on any atom is -0.507 e. The lowest BCUT2D eigenvalue weighted by Crippen LogP contribution is -2.39. The van der Waals surface area contributed by atoms with E-state index < -0.39 is 0 Å². The maximum atomic E-state index is 11.7. The third-order valence-electron chi connectivity index (χ3n) is 5.23. The summed E-state index contributed by atoms with van der Waals surface area (Å²) in [4.78, 5) is 18.4. The van der Waals surface area contributed by atoms with Crippen LogP contribution in [-0.2, 0) is 22.7 Å². The number of hydrogen-bond donors (Lipinski definition) is 1. The van der Waals surface area contributed by atoms with Crippen molar-refractivity contribution in [3.63, 3.8) is 0 Å². The fraction of sp³-hybridized carbons (Fsp3) is 0.429. The van der Waals surface area contributed by atoms with Crippen LogP contribution in [0.25, 0.3) is 0 Å². The lowest BCUT2D eigenvalue weighted by molar-refractivity contribution is -0.0920. The zero-order chi connectivity index (χ0) is 19.7. The van der Waals surface area contributed by atoms with Gasteiger partial charge in [0.15, 0.2) is 5.78 Å². The highest BCUT2D eigenvalue weighted by molar-refractivity contribution is 5.97. The van der Waals surface area contributed by atoms with Gasteiger partial charge in [-0.2, -0.15) is 0 Å². The van der Waals surface area contributed by atoms with E-state index in [1.165, 1.54) is 6.92 Å². The number of carbonyl (C=O) groups excluding carboxylic acids is 1. The standard InChI is InChI=1S/C21H24N2O5/c1-13-20(27-11-15-4-3-5-17(14(2)24)19(15)25)18-16(10-22-13)12-28-21(18)23-6-8-26-9-7-23/h3-5,10,21,25H,6-9,11-12H2,1-2H3. The van der Waals surface area contributed by atoms with E-state index in [1.807, 2.05) is 13.1 Å². The molecule has 1 fully saturated rings. The Labute approximate surface area is 163 Å². The number of para-hydroxylation sites is 1. The summed E-state index contributed by atoms with van der Waals surface area (Å²) in [7, 11) is 0. The Morgan fingerprint density at radius 3 is 2.89 bits per heavy atom. The molecule has 3 heterocycles. The Bertz CT molecular complexity index is 893. The van der Waals surface area contributed by atoms with Crippen molar-refractivity contribution < 1.29 is 24.1 Å². The number of nitrogens with zero attached hydrogens (tertiary/aromatic N) is 2. The number of aryl methyl sites for hydroxylation is 1. The molecule has 0 spiro atoms. The van der Waals surface area contributed by atoms with Gasteiger partial charge in [-0.3, -0.25) is 14.7 Å². The molecular weight excluding hydrogens is 360 g/mol. The number of hydrogen-bond acceptors (Lipinski definition) is 7. The Morgan fingerprint density at radius 1 is 1.36 bits per heavy atom. The Morgan fingerprint density at radius 2 is 2.14 bits per heavy atom. The first-order valence-electron chi connectivity index (χ1n) is 9.42. The first-order valence-corrected chi connectivity index (χ1v) is 9.42. The number of phenolic OH excluding ortho intramolecular Hbond substituents is 1. The molecule has 0 saturated carbocycles. The number of pyridine rings is 1. The lowest BCUT2D eigenvalue weighted by Gasteiger charge is -2.32. The fourth-order valence-corrected chi connectivity index (χ4v) is 3.71. The molecule has 0 radical (unpaired) electrons. The van der Waals surface area contributed by atoms with Crippen molar-refractivity contribution in [2.24, 2.45) is 0 Å². The molecule has 0 aliphatic carbocycles. The van der Waals surface area contributed by atoms with E-state index in [0.717, 1.165) is 29.9 Å². The predicted octanol–water partition coefficient (Wildman–Crippen LogP) is 2.74. The summed E-state index contributed by atoms with van der Waals surface area (Å²) < 4.78 is 17.6. The molecule has 1 saturated heterocycles. The van der Waals surface area contributed by atoms with Crippen molar-refractivity contribution in [3.8, 4) is 11.5 Å². The minimum absolute atomic E-state index is 0.0332. The minimum atomic E-state index is -0.187. The summed E-state index contributed by atoms with van der Waals surface area (Å²) in [5, 5.41) is 10.4. The number of morpholine rings is 1. The number of carbonyl (C=O) groups is 1. The van der Waals surface area contributed by atoms with Crippen molar-refractivity contribution in [3.05, 3.63) is 52.3 Å². The normalized spacial score (nSPS) is 19.4. The number of benzene rings is 1. The highest BCUT2D eigenvalue weighted by Crippen LogP contribution is 2.41. The van der Waals surface area contributed by atoms with Crippen LogP contribution in [0, 0.1) is 6.92 Å². The Balaban J connectivity index is 1.62. The second-order valence-electron chi connectivity index (χ2n) is 7.08. The zero-order valence-electron chi connectivity index (χ0n) is 16.1. The monoisotopic (exact) mass is 384 g/mol. The number of aromatic nitrogens is 1. The Hall–Kier alpha value is -2.48. The molecule has 0 bridgehead atoms. The van der Waals surface area contributed by atoms with Crippen LogP contribution in [0.4, 0.5) is 0 Å². The third kappa shape index (κ3) is 3.48. The van der Waals surface area contributed by atoms with Crippen LogP contribution in [0.1, 0.15) is 45.9 Å². The largest absolute Gasteiger partial charge is 0.507 e. The van der Waals surface area contributed by atoms with Gasteiger partial charge in [-0.1, -0.05) is 12.1 Å². The molecule has 28 heavy (non-hydrogen) atoms. The van der Waals surface area contributed by atoms with Gasteiger partial charge in [0.25, 0.3) is 0 Å². The second kappa shape index (κ2) is 7.87. The lowest BCUT2D eigenvalue weighted by atomic mass is 10.1. The third-order valence-corrected chi connectivity index (χ3v) is 5.23. The number of aromatic hydroxyl groups is 1. The van der Waals surface area contributed by atoms with E-state index in [2.05, 4.69) is 9.88 Å². The summed E-state index contributed by atoms with van der Waals surface area (Å²) in [6.45, 7) is 6.92. The van der Waals surface area contributed by atoms with Crippen LogP contribution in [0.2, 0.25) is 0 Å². The molecule has 2 aromatic rings. The van der Waals surface area contributed by atoms with Crippen LogP contribution >= 0.6 is 0 Å². The summed E-state index contributed by atoms with van der Waals surface area (Å²) in [5.41, 5.74) is 3.63. The van der Waals surface area contributed by atoms with Gasteiger partial charge < -0.3 is 19.3 Å². The first kappa shape index (κ1) is 18.9. The van der Waals surface area contributed by atoms with E-state index in [4.69, 9.17) is 14.2 Å². The van der Waals surface area contributed by atoms with Crippen LogP contribution in [0.15, 0.2) is 24.4 Å². The SMILES string of the molecule is CC(=O)c1cccc(COc2c(C)ncc3c2C(N2CCOCC2)OC3)c1O. The smallest absolute Gasteiger partial charge is 0.163 e. The van der Waals surface area contributed by atoms with E-state index in [0.29, 0.717) is 36.7 Å². The molecule has 2 aliphatic heterocycles. The molecule has 1 aromatic carbocycles. The van der Waals surface area contributed by atoms with Crippen LogP contribution in [0.5, 0.6) is 11.5 Å². The number of ketones is 1. The average Bonchev–Trinajstić information content (AvgIpc) is 3.13. The van der Waals surface area contributed by atoms with Crippen molar-refractivity contribution in [2.75, 3.05) is 26.3 Å². The molecule has 1 atom stereocenters. The molecule has 1 N–H and O–H groups in total. The maximum Gasteiger partial charge on any atom is 0.163 e. The number of rotatable bonds is 5. The summed E-state index contributed by atoms with van der Waals surface area (Å²) in [6.07, 6.45) is 1.65. The summed E-state index contributed by atoms with van der Waals surface area (Å²) in [5.74, 6) is 0.465. The van der Waals surface area contributed by atoms with Gasteiger partial charge in [0.1, 0.15) is 24.3 Å². The van der Waals surface area contributed by atoms with Crippen LogP contribution < -0.4 is 4.74 Å². The average molecular weight is 384 g/mol. The van der Waals surface area contributed by atoms with Gasteiger partial charge in [-0.15, -0.1) is 0 Å². The molecule has 1 unspecified atom stereocenters. The molecule has 1 aromatic heterocycles. The first-order chi connectivity index (χ1) is 13.6. The molecule has 7 heteroatoms. The van der Waals surface area contributed by atoms with Gasteiger partial charge in [0.2, 0.25) is 0 Å². The van der Waals surface area contributed by atoms with Gasteiger partial charge >= 0.3 is 0 Å². The summed E-state index contributed by atoms with van der Waals surface area (Å²) >= 11 is 0. The van der Waals surface area contributed by atoms with Crippen LogP contribution in [-0.4, -0.2) is 47.1 Å². The number of Topliss-reactive ketones (excluding diaryl/α,β-unsaturated/α-hetero) is 1. The Kier molecular flexibility index (Phi) is 5.30. The molecular formula is C21H24N2O5. The maximum absolute atomic E-state index is 11.7. The molecule has 7 nitrogen and oxygen atoms in total. The van der Waals surface area contributed by atoms with Gasteiger partial charge in [0.05, 0.1) is 31.1 Å². The zero-order valence-corrected chi connectivity index (χ0v) is 16.1. The molecule has 2 aliphatic rings. The highest BCUT2D eigenvalue weighted by Gasteiger charge is 2.34. The topological polar surface area (TPSA) is 81.1 Å². The van der Waals surface area contributed by atoms with E-state index in [9.17, 15) is 9.90 Å². The van der Waals surface area contributed by atoms with E-state index in [1.54, 1.807) is 18.2 Å². The highest BCUT2D eigenvalue weighted by atomic mass is 16.5. The predicted molar refractivity (Wildman–Crippen MR) is 101 cm³/mol. The van der Waals surface area contributed by atoms with Crippen LogP contribution in [0.3, 0.4) is 0 Å². The van der Waals surface area contributed by atoms with Crippen molar-refractivity contribution in [1.82, 2.24) is 9.88 Å². The number of fused-ring (bicyclic) bond motifs is 1. The van der Waals surface area contributed by atoms with Gasteiger partial charge in [-0.25, -0.2) is 0 Å². The van der Waals surface area contributed by atoms with E-state index >= 15 is 0 Å². The fourth-order valence-electron chi connectivity index (χ4n) is 3.71. The van der Waals surface area contributed by atoms with Crippen molar-refractivity contribution in [1.29, 1.82) is 0 Å².